The van der Waals surface area contributed by atoms with E-state index in [1.54, 1.807) is 13.2 Å². The second-order valence-electron chi connectivity index (χ2n) is 4.58. The number of hydrogen-bond donors (Lipinski definition) is 1. The highest BCUT2D eigenvalue weighted by molar-refractivity contribution is 5.82. The maximum Gasteiger partial charge on any atom is 0.138 e. The molecule has 3 nitrogen and oxygen atoms in total. The molecule has 0 amide bonds. The van der Waals surface area contributed by atoms with Crippen LogP contribution in [0.4, 0.5) is 0 Å². The van der Waals surface area contributed by atoms with E-state index in [-0.39, 0.29) is 0 Å². The number of benzene rings is 1. The minimum atomic E-state index is 0.315. The summed E-state index contributed by atoms with van der Waals surface area (Å²) in [4.78, 5) is 4.57. The first kappa shape index (κ1) is 10.4. The first-order valence-electron chi connectivity index (χ1n) is 5.95. The number of ether oxygens (including phenoxy) is 1. The Hall–Kier alpha value is -1.77. The monoisotopic (exact) mass is 229 g/mol. The average molecular weight is 229 g/mol. The Balaban J connectivity index is 2.12. The molecule has 1 aliphatic carbocycles. The fourth-order valence-corrected chi connectivity index (χ4v) is 2.27. The van der Waals surface area contributed by atoms with Crippen LogP contribution in [0.1, 0.15) is 30.9 Å². The van der Waals surface area contributed by atoms with Crippen LogP contribution >= 0.6 is 0 Å². The van der Waals surface area contributed by atoms with Gasteiger partial charge in [-0.1, -0.05) is 6.42 Å². The quantitative estimate of drug-likeness (QED) is 0.859. The molecule has 2 aromatic rings. The van der Waals surface area contributed by atoms with Crippen molar-refractivity contribution < 1.29 is 9.84 Å². The van der Waals surface area contributed by atoms with Crippen molar-refractivity contribution in [2.45, 2.75) is 25.2 Å². The van der Waals surface area contributed by atoms with Crippen molar-refractivity contribution in [2.75, 3.05) is 7.11 Å². The van der Waals surface area contributed by atoms with Crippen LogP contribution in [0.15, 0.2) is 24.3 Å². The largest absolute Gasteiger partial charge is 0.506 e. The summed E-state index contributed by atoms with van der Waals surface area (Å²) in [5.41, 5.74) is 1.78. The molecule has 3 heteroatoms. The molecule has 1 saturated carbocycles. The van der Waals surface area contributed by atoms with Crippen LogP contribution in [-0.2, 0) is 0 Å². The Morgan fingerprint density at radius 1 is 1.29 bits per heavy atom. The van der Waals surface area contributed by atoms with E-state index in [0.29, 0.717) is 11.7 Å². The average Bonchev–Trinajstić information content (AvgIpc) is 2.27. The molecule has 17 heavy (non-hydrogen) atoms. The highest BCUT2D eigenvalue weighted by Gasteiger charge is 2.24. The van der Waals surface area contributed by atoms with Gasteiger partial charge in [-0.3, -0.25) is 0 Å². The molecule has 0 unspecified atom stereocenters. The summed E-state index contributed by atoms with van der Waals surface area (Å²) in [5.74, 6) is 1.55. The number of hydrogen-bond acceptors (Lipinski definition) is 3. The van der Waals surface area contributed by atoms with Crippen LogP contribution < -0.4 is 4.74 Å². The Morgan fingerprint density at radius 2 is 2.12 bits per heavy atom. The zero-order valence-corrected chi connectivity index (χ0v) is 9.81. The SMILES string of the molecule is COc1ccc2nc(C3CCC3)c(O)cc2c1. The number of nitrogens with zero attached hydrogens (tertiary/aromatic N) is 1. The molecule has 0 atom stereocenters. The van der Waals surface area contributed by atoms with Crippen LogP contribution in [0.25, 0.3) is 10.9 Å². The summed E-state index contributed by atoms with van der Waals surface area (Å²) in [5, 5.41) is 10.9. The van der Waals surface area contributed by atoms with Gasteiger partial charge in [-0.2, -0.15) is 0 Å². The van der Waals surface area contributed by atoms with E-state index in [1.165, 1.54) is 6.42 Å². The van der Waals surface area contributed by atoms with E-state index in [4.69, 9.17) is 4.74 Å². The lowest BCUT2D eigenvalue weighted by atomic mass is 9.82. The van der Waals surface area contributed by atoms with Crippen molar-refractivity contribution in [3.05, 3.63) is 30.0 Å². The fraction of sp³-hybridized carbons (Fsp3) is 0.357. The van der Waals surface area contributed by atoms with E-state index < -0.39 is 0 Å². The topological polar surface area (TPSA) is 42.4 Å². The second-order valence-corrected chi connectivity index (χ2v) is 4.58. The third-order valence-corrected chi connectivity index (χ3v) is 3.52. The second kappa shape index (κ2) is 3.91. The lowest BCUT2D eigenvalue weighted by Crippen LogP contribution is -2.10. The summed E-state index contributed by atoms with van der Waals surface area (Å²) in [6, 6.07) is 7.53. The fourth-order valence-electron chi connectivity index (χ4n) is 2.27. The van der Waals surface area contributed by atoms with Gasteiger partial charge in [0.1, 0.15) is 11.5 Å². The van der Waals surface area contributed by atoms with Crippen molar-refractivity contribution in [1.82, 2.24) is 4.98 Å². The van der Waals surface area contributed by atoms with Gasteiger partial charge in [0.25, 0.3) is 0 Å². The third kappa shape index (κ3) is 1.71. The number of methoxy groups -OCH3 is 1. The molecule has 0 radical (unpaired) electrons. The number of fused-ring (bicyclic) bond motifs is 1. The zero-order chi connectivity index (χ0) is 11.8. The molecule has 1 heterocycles. The van der Waals surface area contributed by atoms with Gasteiger partial charge in [-0.25, -0.2) is 4.98 Å². The molecule has 0 bridgehead atoms. The summed E-state index contributed by atoms with van der Waals surface area (Å²) in [6.07, 6.45) is 3.52. The third-order valence-electron chi connectivity index (χ3n) is 3.52. The lowest BCUT2D eigenvalue weighted by molar-refractivity contribution is 0.385. The van der Waals surface area contributed by atoms with Crippen molar-refractivity contribution >= 4 is 10.9 Å². The lowest BCUT2D eigenvalue weighted by Gasteiger charge is -2.25. The summed E-state index contributed by atoms with van der Waals surface area (Å²) in [6.45, 7) is 0. The van der Waals surface area contributed by atoms with Gasteiger partial charge in [0, 0.05) is 11.3 Å². The van der Waals surface area contributed by atoms with Crippen molar-refractivity contribution in [1.29, 1.82) is 0 Å². The number of aromatic nitrogens is 1. The minimum absolute atomic E-state index is 0.315. The molecule has 0 spiro atoms. The van der Waals surface area contributed by atoms with E-state index in [0.717, 1.165) is 35.2 Å². The summed E-state index contributed by atoms with van der Waals surface area (Å²) < 4.78 is 5.16. The summed E-state index contributed by atoms with van der Waals surface area (Å²) >= 11 is 0. The molecule has 0 aliphatic heterocycles. The molecular formula is C14H15NO2. The standard InChI is InChI=1S/C14H15NO2/c1-17-11-5-6-12-10(7-11)8-13(16)14(15-12)9-3-2-4-9/h5-9,16H,2-4H2,1H3. The summed E-state index contributed by atoms with van der Waals surface area (Å²) in [7, 11) is 1.64. The van der Waals surface area contributed by atoms with Crippen LogP contribution in [-0.4, -0.2) is 17.2 Å². The minimum Gasteiger partial charge on any atom is -0.506 e. The maximum atomic E-state index is 10.0. The predicted octanol–water partition coefficient (Wildman–Crippen LogP) is 3.22. The van der Waals surface area contributed by atoms with Crippen molar-refractivity contribution in [3.8, 4) is 11.5 Å². The Labute approximate surface area is 100 Å². The number of pyridine rings is 1. The van der Waals surface area contributed by atoms with Crippen LogP contribution in [0.2, 0.25) is 0 Å². The molecule has 1 aromatic heterocycles. The van der Waals surface area contributed by atoms with Gasteiger partial charge in [-0.05, 0) is 37.1 Å². The molecule has 1 fully saturated rings. The first-order valence-corrected chi connectivity index (χ1v) is 5.95. The predicted molar refractivity (Wildman–Crippen MR) is 66.6 cm³/mol. The number of aromatic hydroxyl groups is 1. The van der Waals surface area contributed by atoms with Crippen LogP contribution in [0.3, 0.4) is 0 Å². The van der Waals surface area contributed by atoms with Gasteiger partial charge in [0.2, 0.25) is 0 Å². The first-order chi connectivity index (χ1) is 8.28. The molecule has 88 valence electrons. The molecule has 0 saturated heterocycles. The van der Waals surface area contributed by atoms with Gasteiger partial charge in [0.15, 0.2) is 0 Å². The van der Waals surface area contributed by atoms with Gasteiger partial charge in [-0.15, -0.1) is 0 Å². The van der Waals surface area contributed by atoms with E-state index >= 15 is 0 Å². The molecule has 1 aromatic carbocycles. The zero-order valence-electron chi connectivity index (χ0n) is 9.81. The van der Waals surface area contributed by atoms with Gasteiger partial charge >= 0.3 is 0 Å². The highest BCUT2D eigenvalue weighted by Crippen LogP contribution is 2.40. The van der Waals surface area contributed by atoms with Gasteiger partial charge in [0.05, 0.1) is 18.3 Å². The van der Waals surface area contributed by atoms with E-state index in [9.17, 15) is 5.11 Å². The Morgan fingerprint density at radius 3 is 2.76 bits per heavy atom. The number of rotatable bonds is 2. The molecular weight excluding hydrogens is 214 g/mol. The molecule has 3 rings (SSSR count). The van der Waals surface area contributed by atoms with Crippen molar-refractivity contribution in [3.63, 3.8) is 0 Å². The Kier molecular flexibility index (Phi) is 2.39. The highest BCUT2D eigenvalue weighted by atomic mass is 16.5. The normalized spacial score (nSPS) is 15.8. The molecule has 1 N–H and O–H groups in total. The molecule has 1 aliphatic rings. The van der Waals surface area contributed by atoms with Crippen LogP contribution in [0.5, 0.6) is 11.5 Å². The smallest absolute Gasteiger partial charge is 0.138 e. The van der Waals surface area contributed by atoms with Crippen molar-refractivity contribution in [2.24, 2.45) is 0 Å². The van der Waals surface area contributed by atoms with Crippen LogP contribution in [0, 0.1) is 0 Å². The Bertz CT molecular complexity index is 561. The van der Waals surface area contributed by atoms with E-state index in [2.05, 4.69) is 4.98 Å². The maximum absolute atomic E-state index is 10.0. The van der Waals surface area contributed by atoms with Gasteiger partial charge < -0.3 is 9.84 Å². The van der Waals surface area contributed by atoms with E-state index in [1.807, 2.05) is 18.2 Å².